The van der Waals surface area contributed by atoms with Crippen molar-refractivity contribution in [1.29, 1.82) is 0 Å². The van der Waals surface area contributed by atoms with Gasteiger partial charge in [-0.25, -0.2) is 13.9 Å². The molecule has 0 bridgehead atoms. The summed E-state index contributed by atoms with van der Waals surface area (Å²) in [6.45, 7) is 8.88. The predicted molar refractivity (Wildman–Crippen MR) is 84.7 cm³/mol. The molecule has 0 spiro atoms. The number of hydrogen-bond acceptors (Lipinski definition) is 2. The van der Waals surface area contributed by atoms with Crippen LogP contribution in [0.2, 0.25) is 0 Å². The zero-order chi connectivity index (χ0) is 16.2. The first kappa shape index (κ1) is 14.5. The highest BCUT2D eigenvalue weighted by Gasteiger charge is 2.07. The number of benzene rings is 1. The van der Waals surface area contributed by atoms with E-state index in [0.717, 1.165) is 11.3 Å². The molecule has 0 atom stereocenters. The Bertz CT molecular complexity index is 956. The van der Waals surface area contributed by atoms with Crippen LogP contribution in [0, 0.1) is 31.2 Å². The molecule has 0 unspecified atom stereocenters. The molecule has 2 heterocycles. The molecule has 0 saturated carbocycles. The lowest BCUT2D eigenvalue weighted by molar-refractivity contribution is 0.626. The number of halogens is 1. The summed E-state index contributed by atoms with van der Waals surface area (Å²) in [6.07, 6.45) is 3.35. The third kappa shape index (κ3) is 3.25. The predicted octanol–water partition coefficient (Wildman–Crippen LogP) is 3.67. The highest BCUT2D eigenvalue weighted by molar-refractivity contribution is 5.53. The van der Waals surface area contributed by atoms with E-state index in [-0.39, 0.29) is 5.69 Å². The molecule has 0 amide bonds. The number of aryl methyl sites for hydroxylation is 1. The third-order valence-corrected chi connectivity index (χ3v) is 3.14. The van der Waals surface area contributed by atoms with Crippen molar-refractivity contribution in [1.82, 2.24) is 14.8 Å². The SMILES string of the molecule is [C-]#[N+]c1cc(F)cc(-n2nc(C#Cc3ccncc3)cc2C)c1. The summed E-state index contributed by atoms with van der Waals surface area (Å²) in [5.74, 6) is 5.50. The van der Waals surface area contributed by atoms with Gasteiger partial charge in [0, 0.05) is 23.7 Å². The van der Waals surface area contributed by atoms with Crippen molar-refractivity contribution in [3.05, 3.63) is 83.0 Å². The van der Waals surface area contributed by atoms with Gasteiger partial charge < -0.3 is 0 Å². The van der Waals surface area contributed by atoms with E-state index in [2.05, 4.69) is 26.8 Å². The van der Waals surface area contributed by atoms with Crippen molar-refractivity contribution in [3.63, 3.8) is 0 Å². The van der Waals surface area contributed by atoms with Crippen molar-refractivity contribution in [2.24, 2.45) is 0 Å². The Morgan fingerprint density at radius 1 is 1.13 bits per heavy atom. The van der Waals surface area contributed by atoms with E-state index >= 15 is 0 Å². The van der Waals surface area contributed by atoms with E-state index in [1.54, 1.807) is 23.1 Å². The molecule has 3 aromatic rings. The van der Waals surface area contributed by atoms with Crippen LogP contribution in [-0.4, -0.2) is 14.8 Å². The van der Waals surface area contributed by atoms with Gasteiger partial charge in [-0.3, -0.25) is 4.98 Å². The van der Waals surface area contributed by atoms with E-state index in [1.165, 1.54) is 12.1 Å². The summed E-state index contributed by atoms with van der Waals surface area (Å²) in [5.41, 5.74) is 2.97. The first-order chi connectivity index (χ1) is 11.2. The van der Waals surface area contributed by atoms with Crippen molar-refractivity contribution in [2.75, 3.05) is 0 Å². The fourth-order valence-corrected chi connectivity index (χ4v) is 2.11. The Hall–Kier alpha value is -3.44. The summed E-state index contributed by atoms with van der Waals surface area (Å²) >= 11 is 0. The number of nitrogens with zero attached hydrogens (tertiary/aromatic N) is 4. The van der Waals surface area contributed by atoms with Gasteiger partial charge in [-0.05, 0) is 49.2 Å². The molecular formula is C18H11FN4. The number of pyridine rings is 1. The van der Waals surface area contributed by atoms with Gasteiger partial charge in [0.15, 0.2) is 5.69 Å². The number of hydrogen-bond donors (Lipinski definition) is 0. The second-order valence-corrected chi connectivity index (χ2v) is 4.85. The van der Waals surface area contributed by atoms with Crippen LogP contribution in [0.1, 0.15) is 17.0 Å². The molecule has 0 aliphatic carbocycles. The normalized spacial score (nSPS) is 9.78. The number of aromatic nitrogens is 3. The average Bonchev–Trinajstić information content (AvgIpc) is 2.94. The lowest BCUT2D eigenvalue weighted by Crippen LogP contribution is -1.99. The molecule has 0 aliphatic rings. The molecule has 0 fully saturated rings. The summed E-state index contributed by atoms with van der Waals surface area (Å²) in [5, 5.41) is 4.37. The van der Waals surface area contributed by atoms with Crippen molar-refractivity contribution >= 4 is 5.69 Å². The molecule has 0 aliphatic heterocycles. The molecule has 4 nitrogen and oxygen atoms in total. The van der Waals surface area contributed by atoms with E-state index in [9.17, 15) is 4.39 Å². The Morgan fingerprint density at radius 2 is 1.91 bits per heavy atom. The molecule has 0 saturated heterocycles. The maximum absolute atomic E-state index is 13.6. The Balaban J connectivity index is 1.98. The van der Waals surface area contributed by atoms with Crippen LogP contribution in [0.4, 0.5) is 10.1 Å². The molecule has 2 aromatic heterocycles. The minimum Gasteiger partial charge on any atom is -0.265 e. The Morgan fingerprint density at radius 3 is 2.65 bits per heavy atom. The maximum Gasteiger partial charge on any atom is 0.192 e. The highest BCUT2D eigenvalue weighted by atomic mass is 19.1. The Kier molecular flexibility index (Phi) is 3.86. The van der Waals surface area contributed by atoms with E-state index < -0.39 is 5.82 Å². The third-order valence-electron chi connectivity index (χ3n) is 3.14. The summed E-state index contributed by atoms with van der Waals surface area (Å²) in [4.78, 5) is 7.20. The van der Waals surface area contributed by atoms with Crippen LogP contribution < -0.4 is 0 Å². The largest absolute Gasteiger partial charge is 0.265 e. The van der Waals surface area contributed by atoms with Crippen molar-refractivity contribution in [3.8, 4) is 17.5 Å². The van der Waals surface area contributed by atoms with E-state index in [0.29, 0.717) is 11.4 Å². The lowest BCUT2D eigenvalue weighted by Gasteiger charge is -2.04. The van der Waals surface area contributed by atoms with Gasteiger partial charge in [0.1, 0.15) is 11.5 Å². The van der Waals surface area contributed by atoms with Crippen molar-refractivity contribution < 1.29 is 4.39 Å². The zero-order valence-corrected chi connectivity index (χ0v) is 12.3. The van der Waals surface area contributed by atoms with Gasteiger partial charge in [-0.1, -0.05) is 5.92 Å². The van der Waals surface area contributed by atoms with Crippen LogP contribution >= 0.6 is 0 Å². The lowest BCUT2D eigenvalue weighted by atomic mass is 10.2. The average molecular weight is 302 g/mol. The molecule has 110 valence electrons. The van der Waals surface area contributed by atoms with Gasteiger partial charge in [0.25, 0.3) is 0 Å². The fraction of sp³-hybridized carbons (Fsp3) is 0.0556. The minimum atomic E-state index is -0.465. The standard InChI is InChI=1S/C18H11FN4/c1-13-9-16(4-3-14-5-7-21-8-6-14)22-23(13)18-11-15(19)10-17(12-18)20-2/h5-12H,1H3. The maximum atomic E-state index is 13.6. The van der Waals surface area contributed by atoms with Gasteiger partial charge in [0.05, 0.1) is 12.3 Å². The monoisotopic (exact) mass is 302 g/mol. The second-order valence-electron chi connectivity index (χ2n) is 4.85. The van der Waals surface area contributed by atoms with Crippen LogP contribution in [0.3, 0.4) is 0 Å². The van der Waals surface area contributed by atoms with Crippen LogP contribution in [0.25, 0.3) is 10.5 Å². The Labute approximate surface area is 133 Å². The first-order valence-corrected chi connectivity index (χ1v) is 6.83. The van der Waals surface area contributed by atoms with Gasteiger partial charge >= 0.3 is 0 Å². The molecule has 0 radical (unpaired) electrons. The summed E-state index contributed by atoms with van der Waals surface area (Å²) in [7, 11) is 0. The molecule has 3 rings (SSSR count). The molecular weight excluding hydrogens is 291 g/mol. The van der Waals surface area contributed by atoms with E-state index in [4.69, 9.17) is 6.57 Å². The first-order valence-electron chi connectivity index (χ1n) is 6.83. The molecule has 23 heavy (non-hydrogen) atoms. The summed E-state index contributed by atoms with van der Waals surface area (Å²) in [6, 6.07) is 9.57. The zero-order valence-electron chi connectivity index (χ0n) is 12.3. The van der Waals surface area contributed by atoms with Crippen molar-refractivity contribution in [2.45, 2.75) is 6.92 Å². The van der Waals surface area contributed by atoms with Gasteiger partial charge in [-0.15, -0.1) is 0 Å². The smallest absolute Gasteiger partial charge is 0.192 e. The number of rotatable bonds is 1. The minimum absolute atomic E-state index is 0.235. The van der Waals surface area contributed by atoms with Crippen LogP contribution in [-0.2, 0) is 0 Å². The molecule has 0 N–H and O–H groups in total. The topological polar surface area (TPSA) is 35.1 Å². The van der Waals surface area contributed by atoms with Gasteiger partial charge in [0.2, 0.25) is 0 Å². The molecule has 1 aromatic carbocycles. The fourth-order valence-electron chi connectivity index (χ4n) is 2.11. The molecule has 5 heteroatoms. The quantitative estimate of drug-likeness (QED) is 0.508. The van der Waals surface area contributed by atoms with E-state index in [1.807, 2.05) is 25.1 Å². The summed E-state index contributed by atoms with van der Waals surface area (Å²) < 4.78 is 15.2. The second kappa shape index (κ2) is 6.13. The van der Waals surface area contributed by atoms with Gasteiger partial charge in [-0.2, -0.15) is 5.10 Å². The highest BCUT2D eigenvalue weighted by Crippen LogP contribution is 2.21. The van der Waals surface area contributed by atoms with Crippen LogP contribution in [0.5, 0.6) is 0 Å². The van der Waals surface area contributed by atoms with Crippen LogP contribution in [0.15, 0.2) is 48.8 Å².